The van der Waals surface area contributed by atoms with E-state index in [-0.39, 0.29) is 11.9 Å². The van der Waals surface area contributed by atoms with E-state index in [1.54, 1.807) is 17.2 Å². The lowest BCUT2D eigenvalue weighted by Crippen LogP contribution is -2.45. The summed E-state index contributed by atoms with van der Waals surface area (Å²) in [6.45, 7) is 8.11. The van der Waals surface area contributed by atoms with Crippen molar-refractivity contribution in [2.75, 3.05) is 38.1 Å². The zero-order chi connectivity index (χ0) is 17.8. The molecule has 9 nitrogen and oxygen atoms in total. The van der Waals surface area contributed by atoms with Crippen LogP contribution in [0.15, 0.2) is 18.9 Å². The Bertz CT molecular complexity index is 709. The van der Waals surface area contributed by atoms with Crippen LogP contribution >= 0.6 is 0 Å². The number of nitrogens with zero attached hydrogens (tertiary/aromatic N) is 7. The summed E-state index contributed by atoms with van der Waals surface area (Å²) in [5.74, 6) is 0.521. The van der Waals surface area contributed by atoms with Gasteiger partial charge in [-0.1, -0.05) is 0 Å². The smallest absolute Gasteiger partial charge is 0.254 e. The van der Waals surface area contributed by atoms with Gasteiger partial charge in [0.25, 0.3) is 5.91 Å². The number of amides is 1. The summed E-state index contributed by atoms with van der Waals surface area (Å²) in [4.78, 5) is 29.7. The minimum absolute atomic E-state index is 0.0779. The highest BCUT2D eigenvalue weighted by molar-refractivity contribution is 5.95. The number of piperazine rings is 1. The second kappa shape index (κ2) is 7.56. The van der Waals surface area contributed by atoms with Crippen molar-refractivity contribution >= 4 is 11.9 Å². The number of likely N-dealkylation sites (N-methyl/N-ethyl adjacent to an activating group) is 1. The summed E-state index contributed by atoms with van der Waals surface area (Å²) in [5.41, 5.74) is 1.19. The van der Waals surface area contributed by atoms with Gasteiger partial charge < -0.3 is 15.1 Å². The first kappa shape index (κ1) is 17.3. The maximum absolute atomic E-state index is 12.5. The molecule has 1 aliphatic rings. The highest BCUT2D eigenvalue weighted by atomic mass is 16.1. The van der Waals surface area contributed by atoms with Gasteiger partial charge in [0.05, 0.1) is 17.8 Å². The highest BCUT2D eigenvalue weighted by Gasteiger charge is 2.19. The van der Waals surface area contributed by atoms with E-state index in [1.807, 2.05) is 13.8 Å². The summed E-state index contributed by atoms with van der Waals surface area (Å²) >= 11 is 0. The van der Waals surface area contributed by atoms with E-state index in [1.165, 1.54) is 6.33 Å². The van der Waals surface area contributed by atoms with Crippen molar-refractivity contribution in [2.24, 2.45) is 0 Å². The maximum atomic E-state index is 12.5. The van der Waals surface area contributed by atoms with Crippen LogP contribution in [0.5, 0.6) is 0 Å². The Morgan fingerprint density at radius 3 is 2.72 bits per heavy atom. The molecule has 1 atom stereocenters. The number of aromatic nitrogens is 5. The van der Waals surface area contributed by atoms with Crippen molar-refractivity contribution in [1.82, 2.24) is 34.9 Å². The average Bonchev–Trinajstić information content (AvgIpc) is 3.08. The standard InChI is InChI=1S/C16H24N8O/c1-12(9-24-11-17-10-19-24)20-15(25)14-8-18-16(21-13(14)2)23-6-4-22(3)5-7-23/h8,10-12H,4-7,9H2,1-3H3,(H,20,25). The number of anilines is 1. The van der Waals surface area contributed by atoms with Crippen LogP contribution in [0, 0.1) is 6.92 Å². The molecular weight excluding hydrogens is 320 g/mol. The second-order valence-corrected chi connectivity index (χ2v) is 6.45. The van der Waals surface area contributed by atoms with E-state index in [0.717, 1.165) is 26.2 Å². The second-order valence-electron chi connectivity index (χ2n) is 6.45. The number of rotatable bonds is 5. The number of aryl methyl sites for hydroxylation is 1. The minimum Gasteiger partial charge on any atom is -0.348 e. The first-order chi connectivity index (χ1) is 12.0. The van der Waals surface area contributed by atoms with Crippen LogP contribution in [-0.2, 0) is 6.54 Å². The van der Waals surface area contributed by atoms with Crippen LogP contribution in [0.3, 0.4) is 0 Å². The Kier molecular flexibility index (Phi) is 5.22. The first-order valence-corrected chi connectivity index (χ1v) is 8.43. The lowest BCUT2D eigenvalue weighted by molar-refractivity contribution is 0.0934. The largest absolute Gasteiger partial charge is 0.348 e. The molecule has 1 amide bonds. The fourth-order valence-corrected chi connectivity index (χ4v) is 2.79. The van der Waals surface area contributed by atoms with Gasteiger partial charge in [-0.2, -0.15) is 5.10 Å². The summed E-state index contributed by atoms with van der Waals surface area (Å²) in [6, 6.07) is -0.0779. The molecule has 3 heterocycles. The molecule has 134 valence electrons. The van der Waals surface area contributed by atoms with Gasteiger partial charge in [0.2, 0.25) is 5.95 Å². The third kappa shape index (κ3) is 4.30. The zero-order valence-corrected chi connectivity index (χ0v) is 14.9. The van der Waals surface area contributed by atoms with E-state index in [9.17, 15) is 4.79 Å². The summed E-state index contributed by atoms with van der Waals surface area (Å²) < 4.78 is 1.69. The monoisotopic (exact) mass is 344 g/mol. The van der Waals surface area contributed by atoms with E-state index >= 15 is 0 Å². The first-order valence-electron chi connectivity index (χ1n) is 8.43. The molecule has 0 radical (unpaired) electrons. The molecule has 0 bridgehead atoms. The van der Waals surface area contributed by atoms with Gasteiger partial charge >= 0.3 is 0 Å². The predicted octanol–water partition coefficient (Wildman–Crippen LogP) is -0.0532. The molecule has 1 fully saturated rings. The molecule has 9 heteroatoms. The Morgan fingerprint density at radius 2 is 2.08 bits per heavy atom. The van der Waals surface area contributed by atoms with Crippen LogP contribution in [0.1, 0.15) is 23.0 Å². The topological polar surface area (TPSA) is 92.1 Å². The van der Waals surface area contributed by atoms with E-state index in [0.29, 0.717) is 23.8 Å². The fourth-order valence-electron chi connectivity index (χ4n) is 2.79. The number of nitrogens with one attached hydrogen (secondary N) is 1. The number of hydrogen-bond acceptors (Lipinski definition) is 7. The number of carbonyl (C=O) groups is 1. The quantitative estimate of drug-likeness (QED) is 0.813. The van der Waals surface area contributed by atoms with Gasteiger partial charge in [0.15, 0.2) is 0 Å². The van der Waals surface area contributed by atoms with Crippen molar-refractivity contribution in [3.8, 4) is 0 Å². The van der Waals surface area contributed by atoms with Gasteiger partial charge in [-0.3, -0.25) is 9.48 Å². The molecule has 3 rings (SSSR count). The molecular formula is C16H24N8O. The van der Waals surface area contributed by atoms with Crippen molar-refractivity contribution in [1.29, 1.82) is 0 Å². The Labute approximate surface area is 147 Å². The van der Waals surface area contributed by atoms with E-state index in [4.69, 9.17) is 0 Å². The molecule has 1 N–H and O–H groups in total. The fraction of sp³-hybridized carbons (Fsp3) is 0.562. The highest BCUT2D eigenvalue weighted by Crippen LogP contribution is 2.13. The molecule has 0 saturated carbocycles. The van der Waals surface area contributed by atoms with Gasteiger partial charge in [-0.25, -0.2) is 15.0 Å². The van der Waals surface area contributed by atoms with E-state index in [2.05, 4.69) is 42.2 Å². The third-order valence-electron chi connectivity index (χ3n) is 4.30. The van der Waals surface area contributed by atoms with Crippen LogP contribution < -0.4 is 10.2 Å². The molecule has 0 aliphatic carbocycles. The van der Waals surface area contributed by atoms with E-state index < -0.39 is 0 Å². The molecule has 0 aromatic carbocycles. The lowest BCUT2D eigenvalue weighted by atomic mass is 10.2. The van der Waals surface area contributed by atoms with Gasteiger partial charge in [0.1, 0.15) is 12.7 Å². The van der Waals surface area contributed by atoms with Crippen LogP contribution in [0.25, 0.3) is 0 Å². The van der Waals surface area contributed by atoms with Crippen molar-refractivity contribution in [3.05, 3.63) is 30.1 Å². The van der Waals surface area contributed by atoms with Crippen molar-refractivity contribution < 1.29 is 4.79 Å². The average molecular weight is 344 g/mol. The normalized spacial score (nSPS) is 16.7. The third-order valence-corrected chi connectivity index (χ3v) is 4.30. The Morgan fingerprint density at radius 1 is 1.32 bits per heavy atom. The number of hydrogen-bond donors (Lipinski definition) is 1. The molecule has 1 unspecified atom stereocenters. The van der Waals surface area contributed by atoms with Gasteiger partial charge in [-0.05, 0) is 20.9 Å². The van der Waals surface area contributed by atoms with Gasteiger partial charge in [0, 0.05) is 38.4 Å². The summed E-state index contributed by atoms with van der Waals surface area (Å²) in [5, 5.41) is 7.00. The molecule has 1 aliphatic heterocycles. The lowest BCUT2D eigenvalue weighted by Gasteiger charge is -2.32. The zero-order valence-electron chi connectivity index (χ0n) is 14.9. The van der Waals surface area contributed by atoms with Crippen molar-refractivity contribution in [2.45, 2.75) is 26.4 Å². The van der Waals surface area contributed by atoms with Crippen LogP contribution in [0.4, 0.5) is 5.95 Å². The molecule has 2 aromatic rings. The predicted molar refractivity (Wildman–Crippen MR) is 93.4 cm³/mol. The molecule has 25 heavy (non-hydrogen) atoms. The SMILES string of the molecule is Cc1nc(N2CCN(C)CC2)ncc1C(=O)NC(C)Cn1cncn1. The summed E-state index contributed by atoms with van der Waals surface area (Å²) in [7, 11) is 2.11. The Hall–Kier alpha value is -2.55. The minimum atomic E-state index is -0.171. The molecule has 2 aromatic heterocycles. The maximum Gasteiger partial charge on any atom is 0.254 e. The molecule has 0 spiro atoms. The van der Waals surface area contributed by atoms with Crippen molar-refractivity contribution in [3.63, 3.8) is 0 Å². The number of carbonyl (C=O) groups excluding carboxylic acids is 1. The van der Waals surface area contributed by atoms with Crippen LogP contribution in [-0.4, -0.2) is 74.8 Å². The summed E-state index contributed by atoms with van der Waals surface area (Å²) in [6.07, 6.45) is 4.72. The van der Waals surface area contributed by atoms with Crippen LogP contribution in [0.2, 0.25) is 0 Å². The van der Waals surface area contributed by atoms with Gasteiger partial charge in [-0.15, -0.1) is 0 Å². The Balaban J connectivity index is 1.62. The molecule has 1 saturated heterocycles.